The number of hydrogen-bond acceptors (Lipinski definition) is 6. The number of likely N-dealkylation sites (N-methyl/N-ethyl adjacent to an activating group) is 1. The maximum Gasteiger partial charge on any atom is 0.154 e. The highest BCUT2D eigenvalue weighted by Gasteiger charge is 2.29. The molecule has 0 radical (unpaired) electrons. The monoisotopic (exact) mass is 499 g/mol. The van der Waals surface area contributed by atoms with Gasteiger partial charge < -0.3 is 9.80 Å². The van der Waals surface area contributed by atoms with Gasteiger partial charge in [-0.05, 0) is 74.3 Å². The van der Waals surface area contributed by atoms with Crippen LogP contribution in [0.1, 0.15) is 44.7 Å². The van der Waals surface area contributed by atoms with Crippen molar-refractivity contribution in [3.8, 4) is 11.4 Å². The SMILES string of the molecule is CCN(CC)C1CCN(c2cccc(-c3cnc4ccc(N5CCCC5c5cccc(F)c5)nn34)n2)C1. The molecule has 2 unspecified atom stereocenters. The van der Waals surface area contributed by atoms with Gasteiger partial charge in [-0.3, -0.25) is 4.90 Å². The van der Waals surface area contributed by atoms with E-state index in [1.165, 1.54) is 6.07 Å². The Balaban J connectivity index is 1.29. The number of anilines is 2. The standard InChI is InChI=1S/C29H34FN7/c1-3-34(4-2)23-15-17-35(20-23)28-12-6-10-24(32-28)26-19-31-27-13-14-29(33-37(26)27)36-16-7-11-25(36)21-8-5-9-22(30)18-21/h5-6,8-10,12-14,18-19,23,25H,3-4,7,11,15-17,20H2,1-2H3. The summed E-state index contributed by atoms with van der Waals surface area (Å²) in [5, 5.41) is 5.00. The molecule has 1 aromatic carbocycles. The highest BCUT2D eigenvalue weighted by atomic mass is 19.1. The highest BCUT2D eigenvalue weighted by molar-refractivity contribution is 5.63. The molecule has 8 heteroatoms. The zero-order valence-electron chi connectivity index (χ0n) is 21.6. The maximum atomic E-state index is 13.9. The lowest BCUT2D eigenvalue weighted by Crippen LogP contribution is -2.37. The molecule has 2 saturated heterocycles. The van der Waals surface area contributed by atoms with Gasteiger partial charge in [0, 0.05) is 25.7 Å². The molecule has 192 valence electrons. The minimum atomic E-state index is -0.197. The molecular weight excluding hydrogens is 465 g/mol. The van der Waals surface area contributed by atoms with E-state index in [4.69, 9.17) is 10.1 Å². The third-order valence-corrected chi connectivity index (χ3v) is 7.94. The molecule has 37 heavy (non-hydrogen) atoms. The average Bonchev–Trinajstić information content (AvgIpc) is 3.69. The molecule has 0 spiro atoms. The van der Waals surface area contributed by atoms with Crippen LogP contribution in [0, 0.1) is 5.82 Å². The second kappa shape index (κ2) is 10.1. The van der Waals surface area contributed by atoms with E-state index >= 15 is 0 Å². The third-order valence-electron chi connectivity index (χ3n) is 7.94. The Labute approximate surface area is 217 Å². The summed E-state index contributed by atoms with van der Waals surface area (Å²) in [6, 6.07) is 17.9. The Kier molecular flexibility index (Phi) is 6.50. The molecule has 2 aliphatic rings. The van der Waals surface area contributed by atoms with Crippen molar-refractivity contribution >= 4 is 17.3 Å². The van der Waals surface area contributed by atoms with Gasteiger partial charge in [0.2, 0.25) is 0 Å². The molecule has 6 rings (SSSR count). The van der Waals surface area contributed by atoms with Crippen molar-refractivity contribution in [1.29, 1.82) is 0 Å². The quantitative estimate of drug-likeness (QED) is 0.349. The van der Waals surface area contributed by atoms with Gasteiger partial charge in [-0.2, -0.15) is 0 Å². The lowest BCUT2D eigenvalue weighted by atomic mass is 10.0. The smallest absolute Gasteiger partial charge is 0.154 e. The van der Waals surface area contributed by atoms with E-state index < -0.39 is 0 Å². The first-order chi connectivity index (χ1) is 18.1. The van der Waals surface area contributed by atoms with E-state index in [0.29, 0.717) is 6.04 Å². The molecule has 0 aliphatic carbocycles. The number of imidazole rings is 1. The van der Waals surface area contributed by atoms with E-state index in [-0.39, 0.29) is 11.9 Å². The molecule has 7 nitrogen and oxygen atoms in total. The average molecular weight is 500 g/mol. The van der Waals surface area contributed by atoms with Crippen LogP contribution in [0.3, 0.4) is 0 Å². The molecule has 2 atom stereocenters. The first-order valence-corrected chi connectivity index (χ1v) is 13.5. The number of hydrogen-bond donors (Lipinski definition) is 0. The van der Waals surface area contributed by atoms with Crippen LogP contribution in [0.25, 0.3) is 17.0 Å². The van der Waals surface area contributed by atoms with Crippen LogP contribution < -0.4 is 9.80 Å². The summed E-state index contributed by atoms with van der Waals surface area (Å²) >= 11 is 0. The van der Waals surface area contributed by atoms with E-state index in [0.717, 1.165) is 86.2 Å². The maximum absolute atomic E-state index is 13.9. The molecular formula is C29H34FN7. The summed E-state index contributed by atoms with van der Waals surface area (Å²) in [5.41, 5.74) is 3.52. The van der Waals surface area contributed by atoms with E-state index in [2.05, 4.69) is 45.7 Å². The third kappa shape index (κ3) is 4.55. The number of pyridine rings is 1. The lowest BCUT2D eigenvalue weighted by Gasteiger charge is -2.26. The van der Waals surface area contributed by atoms with Crippen molar-refractivity contribution in [2.45, 2.75) is 45.2 Å². The van der Waals surface area contributed by atoms with Crippen molar-refractivity contribution < 1.29 is 4.39 Å². The van der Waals surface area contributed by atoms with E-state index in [9.17, 15) is 4.39 Å². The number of nitrogens with zero attached hydrogens (tertiary/aromatic N) is 7. The Morgan fingerprint density at radius 3 is 2.68 bits per heavy atom. The highest BCUT2D eigenvalue weighted by Crippen LogP contribution is 2.36. The fourth-order valence-corrected chi connectivity index (χ4v) is 6.02. The molecule has 5 heterocycles. The molecule has 3 aromatic heterocycles. The summed E-state index contributed by atoms with van der Waals surface area (Å²) in [5.74, 6) is 1.68. The number of aromatic nitrogens is 4. The topological polar surface area (TPSA) is 52.8 Å². The van der Waals surface area contributed by atoms with Gasteiger partial charge in [-0.1, -0.05) is 32.0 Å². The van der Waals surface area contributed by atoms with Crippen molar-refractivity contribution in [2.24, 2.45) is 0 Å². The number of fused-ring (bicyclic) bond motifs is 1. The Bertz CT molecular complexity index is 1380. The fraction of sp³-hybridized carbons (Fsp3) is 0.414. The van der Waals surface area contributed by atoms with Crippen molar-refractivity contribution in [3.05, 3.63) is 72.2 Å². The minimum Gasteiger partial charge on any atom is -0.355 e. The molecule has 0 saturated carbocycles. The summed E-state index contributed by atoms with van der Waals surface area (Å²) in [7, 11) is 0. The van der Waals surface area contributed by atoms with Crippen molar-refractivity contribution in [1.82, 2.24) is 24.5 Å². The molecule has 4 aromatic rings. The van der Waals surface area contributed by atoms with Crippen LogP contribution in [-0.4, -0.2) is 63.2 Å². The zero-order valence-corrected chi connectivity index (χ0v) is 21.6. The Morgan fingerprint density at radius 2 is 1.84 bits per heavy atom. The van der Waals surface area contributed by atoms with Gasteiger partial charge in [0.15, 0.2) is 5.65 Å². The van der Waals surface area contributed by atoms with Crippen LogP contribution in [0.15, 0.2) is 60.8 Å². The van der Waals surface area contributed by atoms with Crippen LogP contribution in [0.4, 0.5) is 16.0 Å². The molecule has 2 aliphatic heterocycles. The van der Waals surface area contributed by atoms with Gasteiger partial charge in [0.25, 0.3) is 0 Å². The molecule has 0 amide bonds. The van der Waals surface area contributed by atoms with Gasteiger partial charge in [0.05, 0.1) is 17.9 Å². The largest absolute Gasteiger partial charge is 0.355 e. The first kappa shape index (κ1) is 23.9. The zero-order chi connectivity index (χ0) is 25.4. The normalized spacial score (nSPS) is 20.0. The summed E-state index contributed by atoms with van der Waals surface area (Å²) in [6.45, 7) is 9.54. The van der Waals surface area contributed by atoms with Crippen LogP contribution in [0.2, 0.25) is 0 Å². The number of halogens is 1. The first-order valence-electron chi connectivity index (χ1n) is 13.5. The summed E-state index contributed by atoms with van der Waals surface area (Å²) < 4.78 is 15.8. The summed E-state index contributed by atoms with van der Waals surface area (Å²) in [6.07, 6.45) is 5.05. The van der Waals surface area contributed by atoms with Crippen molar-refractivity contribution in [3.63, 3.8) is 0 Å². The van der Waals surface area contributed by atoms with E-state index in [1.807, 2.05) is 35.0 Å². The van der Waals surface area contributed by atoms with Crippen molar-refractivity contribution in [2.75, 3.05) is 42.5 Å². The van der Waals surface area contributed by atoms with Crippen LogP contribution >= 0.6 is 0 Å². The molecule has 2 fully saturated rings. The van der Waals surface area contributed by atoms with Gasteiger partial charge in [-0.15, -0.1) is 5.10 Å². The number of benzene rings is 1. The van der Waals surface area contributed by atoms with Crippen LogP contribution in [0.5, 0.6) is 0 Å². The summed E-state index contributed by atoms with van der Waals surface area (Å²) in [4.78, 5) is 16.9. The minimum absolute atomic E-state index is 0.114. The second-order valence-corrected chi connectivity index (χ2v) is 10.0. The Morgan fingerprint density at radius 1 is 0.973 bits per heavy atom. The molecule has 0 N–H and O–H groups in total. The second-order valence-electron chi connectivity index (χ2n) is 10.0. The predicted molar refractivity (Wildman–Crippen MR) is 145 cm³/mol. The van der Waals surface area contributed by atoms with E-state index in [1.54, 1.807) is 12.1 Å². The fourth-order valence-electron chi connectivity index (χ4n) is 6.02. The number of rotatable bonds is 7. The lowest BCUT2D eigenvalue weighted by molar-refractivity contribution is 0.232. The van der Waals surface area contributed by atoms with Gasteiger partial charge in [-0.25, -0.2) is 18.9 Å². The Hall–Kier alpha value is -3.52. The van der Waals surface area contributed by atoms with Crippen LogP contribution in [-0.2, 0) is 0 Å². The molecule has 0 bridgehead atoms. The van der Waals surface area contributed by atoms with Gasteiger partial charge >= 0.3 is 0 Å². The van der Waals surface area contributed by atoms with Gasteiger partial charge in [0.1, 0.15) is 23.1 Å². The predicted octanol–water partition coefficient (Wildman–Crippen LogP) is 5.19.